The van der Waals surface area contributed by atoms with Crippen molar-refractivity contribution in [2.75, 3.05) is 6.61 Å². The Kier molecular flexibility index (Phi) is 2.67. The smallest absolute Gasteiger partial charge is 0.149 e. The van der Waals surface area contributed by atoms with Crippen molar-refractivity contribution in [3.8, 4) is 0 Å². The van der Waals surface area contributed by atoms with E-state index in [0.717, 1.165) is 6.07 Å². The second kappa shape index (κ2) is 3.81. The molecule has 1 heterocycles. The summed E-state index contributed by atoms with van der Waals surface area (Å²) in [5, 5.41) is -0.462. The van der Waals surface area contributed by atoms with Crippen molar-refractivity contribution in [1.29, 1.82) is 0 Å². The van der Waals surface area contributed by atoms with Gasteiger partial charge in [-0.1, -0.05) is 17.7 Å². The molecule has 1 aromatic carbocycles. The topological polar surface area (TPSA) is 21.3 Å². The van der Waals surface area contributed by atoms with E-state index in [0.29, 0.717) is 18.6 Å². The lowest BCUT2D eigenvalue weighted by molar-refractivity contribution is 0.0877. The van der Waals surface area contributed by atoms with E-state index in [4.69, 9.17) is 16.4 Å². The van der Waals surface area contributed by atoms with Crippen LogP contribution < -0.4 is 5.48 Å². The summed E-state index contributed by atoms with van der Waals surface area (Å²) in [7, 11) is 0. The second-order valence-electron chi connectivity index (χ2n) is 3.07. The van der Waals surface area contributed by atoms with Crippen molar-refractivity contribution >= 4 is 11.6 Å². The highest BCUT2D eigenvalue weighted by Gasteiger charge is 2.23. The normalized spacial score (nSPS) is 21.5. The van der Waals surface area contributed by atoms with Gasteiger partial charge in [0.15, 0.2) is 0 Å². The average Bonchev–Trinajstić information content (AvgIpc) is 2.67. The van der Waals surface area contributed by atoms with Crippen LogP contribution in [0.2, 0.25) is 5.02 Å². The van der Waals surface area contributed by atoms with Gasteiger partial charge in [0.2, 0.25) is 0 Å². The van der Waals surface area contributed by atoms with Gasteiger partial charge in [0, 0.05) is 5.56 Å². The first-order chi connectivity index (χ1) is 6.70. The Labute approximate surface area is 84.8 Å². The molecule has 1 atom stereocenters. The predicted molar refractivity (Wildman–Crippen MR) is 47.8 cm³/mol. The fourth-order valence-electron chi connectivity index (χ4n) is 1.42. The maximum absolute atomic E-state index is 13.4. The molecule has 76 valence electrons. The van der Waals surface area contributed by atoms with Gasteiger partial charge in [0.05, 0.1) is 12.6 Å². The molecule has 1 saturated heterocycles. The Morgan fingerprint density at radius 1 is 1.43 bits per heavy atom. The van der Waals surface area contributed by atoms with Crippen molar-refractivity contribution in [2.24, 2.45) is 0 Å². The summed E-state index contributed by atoms with van der Waals surface area (Å²) in [5.74, 6) is -1.46. The number of benzene rings is 1. The van der Waals surface area contributed by atoms with Crippen LogP contribution in [0.1, 0.15) is 18.0 Å². The van der Waals surface area contributed by atoms with E-state index in [-0.39, 0.29) is 6.04 Å². The van der Waals surface area contributed by atoms with Gasteiger partial charge in [-0.3, -0.25) is 0 Å². The lowest BCUT2D eigenvalue weighted by atomic mass is 10.0. The summed E-state index contributed by atoms with van der Waals surface area (Å²) >= 11 is 5.44. The highest BCUT2D eigenvalue weighted by Crippen LogP contribution is 2.29. The quantitative estimate of drug-likeness (QED) is 0.733. The molecule has 0 radical (unpaired) electrons. The summed E-state index contributed by atoms with van der Waals surface area (Å²) < 4.78 is 26.3. The summed E-state index contributed by atoms with van der Waals surface area (Å²) in [6.45, 7) is 0.513. The van der Waals surface area contributed by atoms with Gasteiger partial charge in [-0.2, -0.15) is 5.48 Å². The molecule has 5 heteroatoms. The van der Waals surface area contributed by atoms with Crippen LogP contribution in [-0.2, 0) is 4.84 Å². The first-order valence-electron chi connectivity index (χ1n) is 4.21. The van der Waals surface area contributed by atoms with Crippen LogP contribution in [0.5, 0.6) is 0 Å². The summed E-state index contributed by atoms with van der Waals surface area (Å²) in [6.07, 6.45) is 0.652. The number of hydrogen-bond acceptors (Lipinski definition) is 2. The SMILES string of the molecule is Fc1ccc(C2CCON2)c(F)c1Cl. The van der Waals surface area contributed by atoms with E-state index in [2.05, 4.69) is 5.48 Å². The standard InChI is InChI=1S/C9H8ClF2NO/c10-8-6(11)2-1-5(9(8)12)7-3-4-14-13-7/h1-2,7,13H,3-4H2. The molecule has 0 aliphatic carbocycles. The summed E-state index contributed by atoms with van der Waals surface area (Å²) in [5.41, 5.74) is 2.98. The first kappa shape index (κ1) is 9.83. The Morgan fingerprint density at radius 3 is 2.86 bits per heavy atom. The molecule has 2 nitrogen and oxygen atoms in total. The van der Waals surface area contributed by atoms with E-state index in [9.17, 15) is 8.78 Å². The fourth-order valence-corrected chi connectivity index (χ4v) is 1.60. The third kappa shape index (κ3) is 1.61. The molecule has 1 aromatic rings. The Hall–Kier alpha value is -0.710. The molecule has 1 unspecified atom stereocenters. The van der Waals surface area contributed by atoms with Gasteiger partial charge < -0.3 is 4.84 Å². The van der Waals surface area contributed by atoms with Crippen molar-refractivity contribution in [3.05, 3.63) is 34.4 Å². The lowest BCUT2D eigenvalue weighted by Gasteiger charge is -2.10. The van der Waals surface area contributed by atoms with Crippen molar-refractivity contribution in [3.63, 3.8) is 0 Å². The Balaban J connectivity index is 2.38. The second-order valence-corrected chi connectivity index (χ2v) is 3.45. The summed E-state index contributed by atoms with van der Waals surface area (Å²) in [4.78, 5) is 4.88. The van der Waals surface area contributed by atoms with E-state index in [1.54, 1.807) is 0 Å². The molecule has 14 heavy (non-hydrogen) atoms. The highest BCUT2D eigenvalue weighted by molar-refractivity contribution is 6.30. The molecule has 2 rings (SSSR count). The van der Waals surface area contributed by atoms with Gasteiger partial charge in [-0.25, -0.2) is 8.78 Å². The minimum atomic E-state index is -0.744. The first-order valence-corrected chi connectivity index (χ1v) is 4.58. The molecular formula is C9H8ClF2NO. The van der Waals surface area contributed by atoms with Gasteiger partial charge in [-0.15, -0.1) is 0 Å². The fraction of sp³-hybridized carbons (Fsp3) is 0.333. The van der Waals surface area contributed by atoms with Crippen molar-refractivity contribution in [1.82, 2.24) is 5.48 Å². The number of hydrogen-bond donors (Lipinski definition) is 1. The molecular weight excluding hydrogens is 212 g/mol. The van der Waals surface area contributed by atoms with Crippen LogP contribution in [0, 0.1) is 11.6 Å². The Bertz CT molecular complexity index is 353. The minimum Gasteiger partial charge on any atom is -0.301 e. The molecule has 1 aliphatic heterocycles. The van der Waals surface area contributed by atoms with E-state index < -0.39 is 16.7 Å². The minimum absolute atomic E-state index is 0.243. The van der Waals surface area contributed by atoms with E-state index in [1.165, 1.54) is 6.07 Å². The third-order valence-corrected chi connectivity index (χ3v) is 2.52. The maximum atomic E-state index is 13.4. The number of hydroxylamine groups is 1. The molecule has 0 spiro atoms. The van der Waals surface area contributed by atoms with Crippen LogP contribution in [0.25, 0.3) is 0 Å². The van der Waals surface area contributed by atoms with Crippen LogP contribution in [0.15, 0.2) is 12.1 Å². The Morgan fingerprint density at radius 2 is 2.21 bits per heavy atom. The largest absolute Gasteiger partial charge is 0.301 e. The third-order valence-electron chi connectivity index (χ3n) is 2.17. The van der Waals surface area contributed by atoms with Crippen LogP contribution in [0.4, 0.5) is 8.78 Å². The zero-order valence-electron chi connectivity index (χ0n) is 7.19. The van der Waals surface area contributed by atoms with Gasteiger partial charge in [0.1, 0.15) is 16.7 Å². The molecule has 0 amide bonds. The maximum Gasteiger partial charge on any atom is 0.149 e. The molecule has 0 aromatic heterocycles. The number of rotatable bonds is 1. The van der Waals surface area contributed by atoms with Gasteiger partial charge >= 0.3 is 0 Å². The monoisotopic (exact) mass is 219 g/mol. The van der Waals surface area contributed by atoms with E-state index >= 15 is 0 Å². The van der Waals surface area contributed by atoms with Crippen LogP contribution >= 0.6 is 11.6 Å². The molecule has 1 N–H and O–H groups in total. The van der Waals surface area contributed by atoms with Crippen LogP contribution in [0.3, 0.4) is 0 Å². The van der Waals surface area contributed by atoms with Gasteiger partial charge in [0.25, 0.3) is 0 Å². The summed E-state index contributed by atoms with van der Waals surface area (Å²) in [6, 6.07) is 2.29. The average molecular weight is 220 g/mol. The zero-order valence-corrected chi connectivity index (χ0v) is 7.94. The number of halogens is 3. The number of nitrogens with one attached hydrogen (secondary N) is 1. The van der Waals surface area contributed by atoms with E-state index in [1.807, 2.05) is 0 Å². The lowest BCUT2D eigenvalue weighted by Crippen LogP contribution is -2.13. The van der Waals surface area contributed by atoms with Gasteiger partial charge in [-0.05, 0) is 12.5 Å². The molecule has 1 fully saturated rings. The zero-order chi connectivity index (χ0) is 10.1. The highest BCUT2D eigenvalue weighted by atomic mass is 35.5. The van der Waals surface area contributed by atoms with Crippen molar-refractivity contribution < 1.29 is 13.6 Å². The molecule has 1 aliphatic rings. The molecule has 0 saturated carbocycles. The van der Waals surface area contributed by atoms with Crippen molar-refractivity contribution in [2.45, 2.75) is 12.5 Å². The molecule has 0 bridgehead atoms. The van der Waals surface area contributed by atoms with Crippen LogP contribution in [-0.4, -0.2) is 6.61 Å². The predicted octanol–water partition coefficient (Wildman–Crippen LogP) is 2.58.